The molecule has 184 valence electrons. The molecule has 0 radical (unpaired) electrons. The van der Waals surface area contributed by atoms with Gasteiger partial charge in [-0.1, -0.05) is 38.1 Å². The Hall–Kier alpha value is -2.26. The number of anilines is 1. The molecule has 1 amide bonds. The molecule has 0 unspecified atom stereocenters. The molecule has 4 rings (SSSR count). The van der Waals surface area contributed by atoms with Gasteiger partial charge in [0, 0.05) is 44.3 Å². The van der Waals surface area contributed by atoms with Gasteiger partial charge in [-0.25, -0.2) is 8.42 Å². The second-order valence-electron chi connectivity index (χ2n) is 9.48. The van der Waals surface area contributed by atoms with Crippen LogP contribution in [-0.2, 0) is 26.1 Å². The third-order valence-electron chi connectivity index (χ3n) is 6.71. The molecule has 2 saturated heterocycles. The third kappa shape index (κ3) is 6.05. The quantitative estimate of drug-likeness (QED) is 0.647. The van der Waals surface area contributed by atoms with Crippen molar-refractivity contribution >= 4 is 21.6 Å². The number of rotatable bonds is 7. The Labute approximate surface area is 203 Å². The normalized spacial score (nSPS) is 18.8. The molecule has 0 aliphatic carbocycles. The molecule has 8 heteroatoms. The van der Waals surface area contributed by atoms with Crippen molar-refractivity contribution in [2.24, 2.45) is 5.92 Å². The molecule has 0 bridgehead atoms. The molecule has 1 N–H and O–H groups in total. The number of hydrogen-bond donors (Lipinski definition) is 1. The minimum absolute atomic E-state index is 0.0399. The number of ether oxygens (including phenoxy) is 1. The summed E-state index contributed by atoms with van der Waals surface area (Å²) in [6, 6.07) is 15.1. The van der Waals surface area contributed by atoms with E-state index < -0.39 is 10.0 Å². The molecule has 2 aromatic rings. The zero-order valence-electron chi connectivity index (χ0n) is 20.1. The zero-order valence-corrected chi connectivity index (χ0v) is 20.9. The highest BCUT2D eigenvalue weighted by atomic mass is 32.2. The number of benzene rings is 2. The minimum atomic E-state index is -3.54. The summed E-state index contributed by atoms with van der Waals surface area (Å²) >= 11 is 0. The van der Waals surface area contributed by atoms with E-state index in [4.69, 9.17) is 4.74 Å². The summed E-state index contributed by atoms with van der Waals surface area (Å²) < 4.78 is 33.0. The van der Waals surface area contributed by atoms with Crippen molar-refractivity contribution in [2.45, 2.75) is 44.0 Å². The number of carbonyl (C=O) groups excluding carboxylic acids is 1. The van der Waals surface area contributed by atoms with E-state index in [1.54, 1.807) is 12.1 Å². The van der Waals surface area contributed by atoms with Crippen molar-refractivity contribution in [2.75, 3.05) is 44.7 Å². The maximum atomic E-state index is 13.1. The Morgan fingerprint density at radius 1 is 1.03 bits per heavy atom. The fourth-order valence-corrected chi connectivity index (χ4v) is 6.01. The van der Waals surface area contributed by atoms with Crippen molar-refractivity contribution in [1.29, 1.82) is 0 Å². The number of sulfonamides is 1. The van der Waals surface area contributed by atoms with Gasteiger partial charge in [0.2, 0.25) is 15.9 Å². The van der Waals surface area contributed by atoms with Crippen LogP contribution in [0.4, 0.5) is 5.69 Å². The lowest BCUT2D eigenvalue weighted by atomic mass is 9.97. The Morgan fingerprint density at radius 3 is 2.35 bits per heavy atom. The summed E-state index contributed by atoms with van der Waals surface area (Å²) in [5, 5.41) is 3.04. The largest absolute Gasteiger partial charge is 0.379 e. The van der Waals surface area contributed by atoms with E-state index in [9.17, 15) is 13.2 Å². The van der Waals surface area contributed by atoms with Crippen LogP contribution in [0.3, 0.4) is 0 Å². The highest BCUT2D eigenvalue weighted by Crippen LogP contribution is 2.26. The molecule has 0 aromatic heterocycles. The molecule has 34 heavy (non-hydrogen) atoms. The Kier molecular flexibility index (Phi) is 8.03. The van der Waals surface area contributed by atoms with Gasteiger partial charge in [0.25, 0.3) is 0 Å². The van der Waals surface area contributed by atoms with Gasteiger partial charge in [0.15, 0.2) is 0 Å². The van der Waals surface area contributed by atoms with E-state index in [2.05, 4.69) is 30.1 Å². The first-order valence-electron chi connectivity index (χ1n) is 12.1. The van der Waals surface area contributed by atoms with Crippen LogP contribution in [0.5, 0.6) is 0 Å². The average molecular weight is 486 g/mol. The number of amides is 1. The van der Waals surface area contributed by atoms with Gasteiger partial charge in [0.1, 0.15) is 0 Å². The molecule has 7 nitrogen and oxygen atoms in total. The topological polar surface area (TPSA) is 79.0 Å². The van der Waals surface area contributed by atoms with Gasteiger partial charge in [-0.15, -0.1) is 0 Å². The second kappa shape index (κ2) is 11.0. The van der Waals surface area contributed by atoms with Gasteiger partial charge in [0.05, 0.1) is 18.1 Å². The smallest absolute Gasteiger partial charge is 0.243 e. The summed E-state index contributed by atoms with van der Waals surface area (Å²) in [6.07, 6.45) is 1.03. The van der Waals surface area contributed by atoms with Crippen LogP contribution in [0.15, 0.2) is 53.4 Å². The highest BCUT2D eigenvalue weighted by Gasteiger charge is 2.32. The van der Waals surface area contributed by atoms with Gasteiger partial charge < -0.3 is 10.1 Å². The van der Waals surface area contributed by atoms with Crippen LogP contribution < -0.4 is 5.32 Å². The lowest BCUT2D eigenvalue weighted by Gasteiger charge is -2.30. The lowest BCUT2D eigenvalue weighted by Crippen LogP contribution is -2.41. The summed E-state index contributed by atoms with van der Waals surface area (Å²) in [6.45, 7) is 9.05. The van der Waals surface area contributed by atoms with Gasteiger partial charge in [-0.05, 0) is 54.2 Å². The van der Waals surface area contributed by atoms with Gasteiger partial charge in [-0.3, -0.25) is 9.69 Å². The van der Waals surface area contributed by atoms with Crippen molar-refractivity contribution in [3.63, 3.8) is 0 Å². The predicted octanol–water partition coefficient (Wildman–Crippen LogP) is 3.68. The monoisotopic (exact) mass is 485 g/mol. The summed E-state index contributed by atoms with van der Waals surface area (Å²) in [5.74, 6) is 0.116. The first-order valence-corrected chi connectivity index (χ1v) is 13.6. The second-order valence-corrected chi connectivity index (χ2v) is 11.4. The van der Waals surface area contributed by atoms with E-state index in [-0.39, 0.29) is 11.8 Å². The molecule has 0 spiro atoms. The summed E-state index contributed by atoms with van der Waals surface area (Å²) in [7, 11) is -3.54. The number of carbonyl (C=O) groups is 1. The Balaban J connectivity index is 1.31. The molecule has 0 saturated carbocycles. The highest BCUT2D eigenvalue weighted by molar-refractivity contribution is 7.89. The maximum Gasteiger partial charge on any atom is 0.243 e. The van der Waals surface area contributed by atoms with E-state index in [1.807, 2.05) is 30.3 Å². The van der Waals surface area contributed by atoms with Crippen LogP contribution in [0.2, 0.25) is 0 Å². The fourth-order valence-electron chi connectivity index (χ4n) is 4.54. The number of hydrogen-bond acceptors (Lipinski definition) is 5. The Bertz CT molecular complexity index is 1070. The molecule has 2 aliphatic heterocycles. The molecule has 0 atom stereocenters. The fraction of sp³-hybridized carbons (Fsp3) is 0.500. The first-order chi connectivity index (χ1) is 16.3. The SMILES string of the molecule is CC(C)c1ccc(S(=O)(=O)N2CCC(C(=O)Nc3cccc(CN4CCOCC4)c3)CC2)cc1. The van der Waals surface area contributed by atoms with E-state index >= 15 is 0 Å². The molecule has 2 aromatic carbocycles. The first kappa shape index (κ1) is 24.9. The number of nitrogens with zero attached hydrogens (tertiary/aromatic N) is 2. The van der Waals surface area contributed by atoms with Crippen LogP contribution in [-0.4, -0.2) is 62.9 Å². The van der Waals surface area contributed by atoms with Crippen molar-refractivity contribution in [3.05, 3.63) is 59.7 Å². The summed E-state index contributed by atoms with van der Waals surface area (Å²) in [4.78, 5) is 15.6. The van der Waals surface area contributed by atoms with E-state index in [0.717, 1.165) is 49.7 Å². The van der Waals surface area contributed by atoms with Crippen LogP contribution in [0.25, 0.3) is 0 Å². The van der Waals surface area contributed by atoms with Crippen molar-refractivity contribution in [3.8, 4) is 0 Å². The van der Waals surface area contributed by atoms with Gasteiger partial charge >= 0.3 is 0 Å². The Morgan fingerprint density at radius 2 is 1.71 bits per heavy atom. The van der Waals surface area contributed by atoms with Crippen LogP contribution in [0, 0.1) is 5.92 Å². The third-order valence-corrected chi connectivity index (χ3v) is 8.63. The van der Waals surface area contributed by atoms with Crippen LogP contribution in [0.1, 0.15) is 43.7 Å². The van der Waals surface area contributed by atoms with E-state index in [0.29, 0.717) is 36.7 Å². The predicted molar refractivity (Wildman–Crippen MR) is 133 cm³/mol. The van der Waals surface area contributed by atoms with E-state index in [1.165, 1.54) is 4.31 Å². The van der Waals surface area contributed by atoms with Crippen molar-refractivity contribution in [1.82, 2.24) is 9.21 Å². The maximum absolute atomic E-state index is 13.1. The van der Waals surface area contributed by atoms with Crippen LogP contribution >= 0.6 is 0 Å². The number of piperidine rings is 1. The molecule has 2 aliphatic rings. The average Bonchev–Trinajstić information content (AvgIpc) is 2.85. The zero-order chi connectivity index (χ0) is 24.1. The number of morpholine rings is 1. The van der Waals surface area contributed by atoms with Gasteiger partial charge in [-0.2, -0.15) is 4.31 Å². The molecule has 2 heterocycles. The molecule has 2 fully saturated rings. The standard InChI is InChI=1S/C26H35N3O4S/c1-20(2)22-6-8-25(9-7-22)34(31,32)29-12-10-23(11-13-29)26(30)27-24-5-3-4-21(18-24)19-28-14-16-33-17-15-28/h3-9,18,20,23H,10-17,19H2,1-2H3,(H,27,30). The molecular formula is C26H35N3O4S. The minimum Gasteiger partial charge on any atom is -0.379 e. The lowest BCUT2D eigenvalue weighted by molar-refractivity contribution is -0.120. The summed E-state index contributed by atoms with van der Waals surface area (Å²) in [5.41, 5.74) is 3.06. The molecular weight excluding hydrogens is 450 g/mol. The van der Waals surface area contributed by atoms with Crippen molar-refractivity contribution < 1.29 is 17.9 Å². The number of nitrogens with one attached hydrogen (secondary N) is 1.